The fourth-order valence-electron chi connectivity index (χ4n) is 1.46. The lowest BCUT2D eigenvalue weighted by Crippen LogP contribution is -2.62. The van der Waals surface area contributed by atoms with Crippen molar-refractivity contribution in [2.24, 2.45) is 0 Å². The van der Waals surface area contributed by atoms with Crippen LogP contribution in [-0.4, -0.2) is 51.9 Å². The van der Waals surface area contributed by atoms with Crippen LogP contribution < -0.4 is 5.32 Å². The predicted molar refractivity (Wildman–Crippen MR) is 46.2 cm³/mol. The first-order valence-electron chi connectivity index (χ1n) is 4.40. The molecule has 1 aliphatic rings. The van der Waals surface area contributed by atoms with Crippen molar-refractivity contribution in [1.82, 2.24) is 5.32 Å². The molecule has 1 heterocycles. The highest BCUT2D eigenvalue weighted by Gasteiger charge is 2.42. The molecule has 1 aliphatic heterocycles. The second-order valence-electron chi connectivity index (χ2n) is 3.44. The molecule has 14 heavy (non-hydrogen) atoms. The Balaban J connectivity index is 2.71. The van der Waals surface area contributed by atoms with Crippen LogP contribution >= 0.6 is 0 Å². The van der Waals surface area contributed by atoms with Crippen LogP contribution in [0.2, 0.25) is 0 Å². The van der Waals surface area contributed by atoms with E-state index >= 15 is 0 Å². The number of aliphatic hydroxyl groups is 3. The average Bonchev–Trinajstić information content (AvgIpc) is 2.09. The van der Waals surface area contributed by atoms with E-state index < -0.39 is 30.6 Å². The van der Waals surface area contributed by atoms with E-state index in [4.69, 9.17) is 4.74 Å². The molecule has 5 atom stereocenters. The van der Waals surface area contributed by atoms with E-state index in [0.29, 0.717) is 0 Å². The maximum atomic E-state index is 10.8. The lowest BCUT2D eigenvalue weighted by Gasteiger charge is -2.39. The zero-order valence-electron chi connectivity index (χ0n) is 8.04. The standard InChI is InChI=1S/C8H15NO5/c1-3-6(11)5(9-4(2)10)7(12)8(13)14-3/h3,5-8,11-13H,1-2H3,(H,9,10)/t3-,5-,6+,7-,8+/m1/s1. The van der Waals surface area contributed by atoms with Gasteiger partial charge in [-0.25, -0.2) is 0 Å². The molecule has 0 unspecified atom stereocenters. The summed E-state index contributed by atoms with van der Waals surface area (Å²) in [4.78, 5) is 10.8. The topological polar surface area (TPSA) is 99.0 Å². The van der Waals surface area contributed by atoms with Crippen LogP contribution in [0.3, 0.4) is 0 Å². The summed E-state index contributed by atoms with van der Waals surface area (Å²) in [6, 6.07) is -0.897. The summed E-state index contributed by atoms with van der Waals surface area (Å²) in [5.41, 5.74) is 0. The van der Waals surface area contributed by atoms with Gasteiger partial charge in [0.05, 0.1) is 12.1 Å². The molecule has 0 aromatic rings. The Morgan fingerprint density at radius 1 is 1.29 bits per heavy atom. The molecular formula is C8H15NO5. The molecule has 0 radical (unpaired) electrons. The summed E-state index contributed by atoms with van der Waals surface area (Å²) < 4.78 is 4.83. The first kappa shape index (κ1) is 11.4. The number of hydrogen-bond donors (Lipinski definition) is 4. The summed E-state index contributed by atoms with van der Waals surface area (Å²) >= 11 is 0. The molecule has 4 N–H and O–H groups in total. The van der Waals surface area contributed by atoms with Crippen LogP contribution in [0.15, 0.2) is 0 Å². The van der Waals surface area contributed by atoms with E-state index in [0.717, 1.165) is 0 Å². The fourth-order valence-corrected chi connectivity index (χ4v) is 1.46. The van der Waals surface area contributed by atoms with Gasteiger partial charge in [0.15, 0.2) is 6.29 Å². The molecule has 0 bridgehead atoms. The van der Waals surface area contributed by atoms with Gasteiger partial charge < -0.3 is 25.4 Å². The fraction of sp³-hybridized carbons (Fsp3) is 0.875. The van der Waals surface area contributed by atoms with E-state index in [1.165, 1.54) is 6.92 Å². The van der Waals surface area contributed by atoms with Crippen molar-refractivity contribution in [3.05, 3.63) is 0 Å². The number of carbonyl (C=O) groups excluding carboxylic acids is 1. The van der Waals surface area contributed by atoms with Crippen molar-refractivity contribution in [2.75, 3.05) is 0 Å². The van der Waals surface area contributed by atoms with Gasteiger partial charge >= 0.3 is 0 Å². The van der Waals surface area contributed by atoms with E-state index in [1.807, 2.05) is 0 Å². The van der Waals surface area contributed by atoms with Crippen molar-refractivity contribution in [3.63, 3.8) is 0 Å². The number of carbonyl (C=O) groups is 1. The van der Waals surface area contributed by atoms with Gasteiger partial charge in [0.25, 0.3) is 0 Å². The third-order valence-electron chi connectivity index (χ3n) is 2.23. The minimum Gasteiger partial charge on any atom is -0.388 e. The van der Waals surface area contributed by atoms with E-state index in [2.05, 4.69) is 5.32 Å². The zero-order chi connectivity index (χ0) is 10.9. The lowest BCUT2D eigenvalue weighted by atomic mass is 9.97. The van der Waals surface area contributed by atoms with Crippen LogP contribution in [-0.2, 0) is 9.53 Å². The number of ether oxygens (including phenoxy) is 1. The second kappa shape index (κ2) is 4.22. The van der Waals surface area contributed by atoms with Gasteiger partial charge in [0.2, 0.25) is 5.91 Å². The summed E-state index contributed by atoms with van der Waals surface area (Å²) in [7, 11) is 0. The van der Waals surface area contributed by atoms with Gasteiger partial charge in [-0.2, -0.15) is 0 Å². The van der Waals surface area contributed by atoms with Crippen molar-refractivity contribution in [1.29, 1.82) is 0 Å². The molecule has 1 saturated heterocycles. The van der Waals surface area contributed by atoms with Gasteiger partial charge in [-0.15, -0.1) is 0 Å². The second-order valence-corrected chi connectivity index (χ2v) is 3.44. The van der Waals surface area contributed by atoms with Crippen molar-refractivity contribution < 1.29 is 24.9 Å². The van der Waals surface area contributed by atoms with Crippen LogP contribution in [0.5, 0.6) is 0 Å². The Kier molecular flexibility index (Phi) is 3.43. The molecular weight excluding hydrogens is 190 g/mol. The molecule has 0 aliphatic carbocycles. The molecule has 82 valence electrons. The Morgan fingerprint density at radius 3 is 2.36 bits per heavy atom. The number of rotatable bonds is 1. The third kappa shape index (κ3) is 2.21. The lowest BCUT2D eigenvalue weighted by molar-refractivity contribution is -0.251. The molecule has 0 aromatic heterocycles. The third-order valence-corrected chi connectivity index (χ3v) is 2.23. The largest absolute Gasteiger partial charge is 0.388 e. The first-order valence-corrected chi connectivity index (χ1v) is 4.40. The smallest absolute Gasteiger partial charge is 0.217 e. The predicted octanol–water partition coefficient (Wildman–Crippen LogP) is -2.05. The Hall–Kier alpha value is -0.690. The summed E-state index contributed by atoms with van der Waals surface area (Å²) in [5, 5.41) is 30.6. The molecule has 6 heteroatoms. The monoisotopic (exact) mass is 205 g/mol. The molecule has 1 amide bonds. The Bertz CT molecular complexity index is 208. The zero-order valence-corrected chi connectivity index (χ0v) is 8.04. The van der Waals surface area contributed by atoms with Crippen molar-refractivity contribution in [2.45, 2.75) is 44.5 Å². The van der Waals surface area contributed by atoms with Crippen LogP contribution in [0.1, 0.15) is 13.8 Å². The minimum absolute atomic E-state index is 0.380. The van der Waals surface area contributed by atoms with Gasteiger partial charge in [-0.1, -0.05) is 0 Å². The molecule has 1 rings (SSSR count). The van der Waals surface area contributed by atoms with Crippen LogP contribution in [0.4, 0.5) is 0 Å². The number of nitrogens with one attached hydrogen (secondary N) is 1. The number of hydrogen-bond acceptors (Lipinski definition) is 5. The molecule has 1 fully saturated rings. The van der Waals surface area contributed by atoms with Crippen molar-refractivity contribution in [3.8, 4) is 0 Å². The van der Waals surface area contributed by atoms with Gasteiger partial charge in [-0.3, -0.25) is 4.79 Å². The number of amides is 1. The van der Waals surface area contributed by atoms with Gasteiger partial charge in [-0.05, 0) is 6.92 Å². The first-order chi connectivity index (χ1) is 6.43. The quantitative estimate of drug-likeness (QED) is 0.395. The number of aliphatic hydroxyl groups excluding tert-OH is 3. The molecule has 0 saturated carbocycles. The van der Waals surface area contributed by atoms with Gasteiger partial charge in [0, 0.05) is 6.92 Å². The average molecular weight is 205 g/mol. The SMILES string of the molecule is CC(=O)N[C@@H]1[C@@H](O)[C@@H](C)O[C@H](O)[C@@H]1O. The summed E-state index contributed by atoms with van der Waals surface area (Å²) in [6.45, 7) is 2.82. The molecule has 0 aromatic carbocycles. The molecule has 0 spiro atoms. The highest BCUT2D eigenvalue weighted by Crippen LogP contribution is 2.19. The van der Waals surface area contributed by atoms with E-state index in [1.54, 1.807) is 6.92 Å². The van der Waals surface area contributed by atoms with Crippen LogP contribution in [0, 0.1) is 0 Å². The Labute approximate surface area is 81.5 Å². The normalized spacial score (nSPS) is 43.4. The van der Waals surface area contributed by atoms with Crippen LogP contribution in [0.25, 0.3) is 0 Å². The minimum atomic E-state index is -1.38. The maximum absolute atomic E-state index is 10.8. The van der Waals surface area contributed by atoms with Gasteiger partial charge in [0.1, 0.15) is 12.2 Å². The Morgan fingerprint density at radius 2 is 1.86 bits per heavy atom. The van der Waals surface area contributed by atoms with E-state index in [9.17, 15) is 20.1 Å². The summed E-state index contributed by atoms with van der Waals surface area (Å²) in [6.07, 6.45) is -4.36. The molecule has 6 nitrogen and oxygen atoms in total. The highest BCUT2D eigenvalue weighted by molar-refractivity contribution is 5.73. The summed E-state index contributed by atoms with van der Waals surface area (Å²) in [5.74, 6) is -0.380. The van der Waals surface area contributed by atoms with E-state index in [-0.39, 0.29) is 5.91 Å². The van der Waals surface area contributed by atoms with Crippen molar-refractivity contribution >= 4 is 5.91 Å². The maximum Gasteiger partial charge on any atom is 0.217 e. The highest BCUT2D eigenvalue weighted by atomic mass is 16.6.